The smallest absolute Gasteiger partial charge is 0.297 e. The molecular weight excluding hydrogens is 570 g/mol. The molecule has 0 saturated carbocycles. The van der Waals surface area contributed by atoms with E-state index in [4.69, 9.17) is 27.9 Å². The quantitative estimate of drug-likeness (QED) is 0.344. The number of benzene rings is 2. The highest BCUT2D eigenvalue weighted by molar-refractivity contribution is 6.30. The number of aliphatic hydroxyl groups excluding tert-OH is 2. The van der Waals surface area contributed by atoms with Crippen molar-refractivity contribution < 1.29 is 24.1 Å². The van der Waals surface area contributed by atoms with E-state index < -0.39 is 30.1 Å². The SMILES string of the molecule is CC(=O)N1CCCCC1C(CO)[C@@]1(c2ccc(Cl)cc2)c2ccccc2C(F)(OCCO)N1Cc1ncc(Cl)cn1. The number of fused-ring (bicyclic) bond motifs is 1. The number of nitrogens with zero attached hydrogens (tertiary/aromatic N) is 4. The molecule has 41 heavy (non-hydrogen) atoms. The van der Waals surface area contributed by atoms with E-state index in [1.165, 1.54) is 24.2 Å². The van der Waals surface area contributed by atoms with Crippen LogP contribution in [0, 0.1) is 5.92 Å². The van der Waals surface area contributed by atoms with Crippen LogP contribution in [-0.4, -0.2) is 68.3 Å². The van der Waals surface area contributed by atoms with Crippen LogP contribution in [0.25, 0.3) is 0 Å². The highest BCUT2D eigenvalue weighted by atomic mass is 35.5. The number of piperidine rings is 1. The fourth-order valence-electron chi connectivity index (χ4n) is 6.66. The Hall–Kier alpha value is -2.66. The monoisotopic (exact) mass is 602 g/mol. The number of likely N-dealkylation sites (tertiary alicyclic amines) is 1. The molecule has 11 heteroatoms. The molecule has 1 fully saturated rings. The van der Waals surface area contributed by atoms with Crippen LogP contribution in [0.3, 0.4) is 0 Å². The van der Waals surface area contributed by atoms with Gasteiger partial charge in [-0.15, -0.1) is 0 Å². The highest BCUT2D eigenvalue weighted by Crippen LogP contribution is 2.59. The molecule has 2 aromatic carbocycles. The van der Waals surface area contributed by atoms with Crippen LogP contribution in [0.2, 0.25) is 10.0 Å². The maximum Gasteiger partial charge on any atom is 0.297 e. The Balaban J connectivity index is 1.83. The zero-order valence-corrected chi connectivity index (χ0v) is 24.2. The van der Waals surface area contributed by atoms with Crippen LogP contribution in [-0.2, 0) is 27.6 Å². The molecule has 0 aliphatic carbocycles. The topological polar surface area (TPSA) is 99.0 Å². The van der Waals surface area contributed by atoms with Crippen molar-refractivity contribution in [3.8, 4) is 0 Å². The van der Waals surface area contributed by atoms with Crippen LogP contribution < -0.4 is 0 Å². The van der Waals surface area contributed by atoms with E-state index in [0.717, 1.165) is 12.8 Å². The normalized spacial score (nSPS) is 25.2. The Kier molecular flexibility index (Phi) is 8.94. The fourth-order valence-corrected chi connectivity index (χ4v) is 6.88. The molecule has 4 atom stereocenters. The number of ether oxygens (including phenoxy) is 1. The van der Waals surface area contributed by atoms with Gasteiger partial charge in [-0.2, -0.15) is 4.39 Å². The summed E-state index contributed by atoms with van der Waals surface area (Å²) in [5.41, 5.74) is 0.105. The number of hydrogen-bond donors (Lipinski definition) is 2. The predicted molar refractivity (Wildman–Crippen MR) is 153 cm³/mol. The van der Waals surface area contributed by atoms with Gasteiger partial charge in [-0.25, -0.2) is 14.9 Å². The number of halogens is 3. The van der Waals surface area contributed by atoms with Gasteiger partial charge in [-0.05, 0) is 42.5 Å². The average molecular weight is 604 g/mol. The maximum atomic E-state index is 17.8. The first-order valence-corrected chi connectivity index (χ1v) is 14.4. The molecule has 2 aliphatic rings. The summed E-state index contributed by atoms with van der Waals surface area (Å²) < 4.78 is 23.7. The Labute approximate surface area is 248 Å². The predicted octanol–water partition coefficient (Wildman–Crippen LogP) is 4.64. The third kappa shape index (κ3) is 5.24. The van der Waals surface area contributed by atoms with Gasteiger partial charge in [0.05, 0.1) is 36.9 Å². The van der Waals surface area contributed by atoms with Crippen molar-refractivity contribution in [1.29, 1.82) is 0 Å². The molecule has 0 bridgehead atoms. The molecule has 218 valence electrons. The summed E-state index contributed by atoms with van der Waals surface area (Å²) in [5, 5.41) is 21.8. The summed E-state index contributed by atoms with van der Waals surface area (Å²) in [7, 11) is 0. The van der Waals surface area contributed by atoms with Crippen molar-refractivity contribution in [3.05, 3.63) is 93.5 Å². The van der Waals surface area contributed by atoms with Gasteiger partial charge >= 0.3 is 0 Å². The lowest BCUT2D eigenvalue weighted by molar-refractivity contribution is -0.281. The molecule has 2 N–H and O–H groups in total. The first-order chi connectivity index (χ1) is 19.8. The standard InChI is InChI=1S/C30H33Cl2FN4O4/c1-20(40)36-13-5-4-8-27(36)26(19-39)29(21-9-11-22(31)12-10-21)24-6-2-3-7-25(24)30(33,41-15-14-38)37(29)18-28-34-16-23(32)17-35-28/h2-3,6-7,9-12,16-17,26-27,38-39H,4-5,8,13-15,18-19H2,1H3/t26?,27?,29-,30?/m1/s1. The van der Waals surface area contributed by atoms with Crippen molar-refractivity contribution in [1.82, 2.24) is 19.8 Å². The molecule has 1 saturated heterocycles. The van der Waals surface area contributed by atoms with E-state index in [0.29, 0.717) is 34.1 Å². The third-order valence-electron chi connectivity index (χ3n) is 8.24. The lowest BCUT2D eigenvalue weighted by Crippen LogP contribution is -2.61. The zero-order valence-electron chi connectivity index (χ0n) is 22.7. The van der Waals surface area contributed by atoms with Gasteiger partial charge in [0.25, 0.3) is 5.98 Å². The number of hydrogen-bond acceptors (Lipinski definition) is 7. The Morgan fingerprint density at radius 2 is 1.76 bits per heavy atom. The molecule has 1 amide bonds. The highest BCUT2D eigenvalue weighted by Gasteiger charge is 2.65. The maximum absolute atomic E-state index is 17.8. The summed E-state index contributed by atoms with van der Waals surface area (Å²) in [6.45, 7) is 0.868. The van der Waals surface area contributed by atoms with Crippen LogP contribution in [0.4, 0.5) is 4.39 Å². The lowest BCUT2D eigenvalue weighted by Gasteiger charge is -2.52. The van der Waals surface area contributed by atoms with Crippen molar-refractivity contribution in [2.24, 2.45) is 5.92 Å². The van der Waals surface area contributed by atoms with Crippen molar-refractivity contribution in [3.63, 3.8) is 0 Å². The Bertz CT molecular complexity index is 1370. The molecule has 2 aliphatic heterocycles. The molecule has 1 aromatic heterocycles. The van der Waals surface area contributed by atoms with Crippen molar-refractivity contribution in [2.45, 2.75) is 50.3 Å². The van der Waals surface area contributed by atoms with Gasteiger partial charge in [0, 0.05) is 48.4 Å². The zero-order chi connectivity index (χ0) is 29.2. The largest absolute Gasteiger partial charge is 0.396 e. The van der Waals surface area contributed by atoms with Crippen molar-refractivity contribution in [2.75, 3.05) is 26.4 Å². The summed E-state index contributed by atoms with van der Waals surface area (Å²) in [6, 6.07) is 13.7. The lowest BCUT2D eigenvalue weighted by atomic mass is 9.68. The Morgan fingerprint density at radius 1 is 1.07 bits per heavy atom. The molecule has 5 rings (SSSR count). The van der Waals surface area contributed by atoms with Gasteiger partial charge in [0.15, 0.2) is 0 Å². The minimum atomic E-state index is -2.55. The average Bonchev–Trinajstić information content (AvgIpc) is 3.19. The fraction of sp³-hybridized carbons (Fsp3) is 0.433. The molecule has 0 spiro atoms. The second-order valence-electron chi connectivity index (χ2n) is 10.4. The molecule has 3 heterocycles. The van der Waals surface area contributed by atoms with Crippen LogP contribution in [0.5, 0.6) is 0 Å². The van der Waals surface area contributed by atoms with E-state index in [-0.39, 0.29) is 37.1 Å². The number of rotatable bonds is 9. The molecule has 8 nitrogen and oxygen atoms in total. The van der Waals surface area contributed by atoms with E-state index >= 15 is 4.39 Å². The van der Waals surface area contributed by atoms with Gasteiger partial charge in [-0.3, -0.25) is 4.79 Å². The summed E-state index contributed by atoms with van der Waals surface area (Å²) in [6.07, 6.45) is 5.20. The van der Waals surface area contributed by atoms with Gasteiger partial charge < -0.3 is 19.8 Å². The molecular formula is C30H33Cl2FN4O4. The minimum Gasteiger partial charge on any atom is -0.396 e. The summed E-state index contributed by atoms with van der Waals surface area (Å²) >= 11 is 12.4. The van der Waals surface area contributed by atoms with Crippen LogP contribution in [0.15, 0.2) is 60.9 Å². The first-order valence-electron chi connectivity index (χ1n) is 13.7. The molecule has 3 unspecified atom stereocenters. The van der Waals surface area contributed by atoms with Crippen LogP contribution >= 0.6 is 23.2 Å². The van der Waals surface area contributed by atoms with Gasteiger partial charge in [0.1, 0.15) is 5.82 Å². The third-order valence-corrected chi connectivity index (χ3v) is 8.68. The summed E-state index contributed by atoms with van der Waals surface area (Å²) in [5.74, 6) is -3.08. The second-order valence-corrected chi connectivity index (χ2v) is 11.3. The van der Waals surface area contributed by atoms with E-state index in [1.807, 2.05) is 24.3 Å². The number of aliphatic hydroxyl groups is 2. The van der Waals surface area contributed by atoms with Gasteiger partial charge in [0.2, 0.25) is 5.91 Å². The van der Waals surface area contributed by atoms with E-state index in [1.54, 1.807) is 29.2 Å². The molecule has 0 radical (unpaired) electrons. The number of alkyl halides is 1. The number of carbonyl (C=O) groups is 1. The molecule has 3 aromatic rings. The first kappa shape index (κ1) is 29.8. The van der Waals surface area contributed by atoms with E-state index in [9.17, 15) is 15.0 Å². The van der Waals surface area contributed by atoms with Crippen LogP contribution in [0.1, 0.15) is 48.7 Å². The number of amides is 1. The Morgan fingerprint density at radius 3 is 2.39 bits per heavy atom. The minimum absolute atomic E-state index is 0.110. The van der Waals surface area contributed by atoms with Crippen molar-refractivity contribution >= 4 is 29.1 Å². The van der Waals surface area contributed by atoms with Gasteiger partial charge in [-0.1, -0.05) is 59.6 Å². The van der Waals surface area contributed by atoms with E-state index in [2.05, 4.69) is 9.97 Å². The number of carbonyl (C=O) groups excluding carboxylic acids is 1. The second kappa shape index (κ2) is 12.3. The number of aromatic nitrogens is 2. The summed E-state index contributed by atoms with van der Waals surface area (Å²) in [4.78, 5) is 24.9.